The molecule has 37 heavy (non-hydrogen) atoms. The molecule has 0 saturated carbocycles. The van der Waals surface area contributed by atoms with E-state index in [0.29, 0.717) is 24.7 Å². The van der Waals surface area contributed by atoms with E-state index in [1.807, 2.05) is 36.2 Å². The standard InChI is InChI=1S/C29H39ClN4O3/c1-32(2)27(35)24-11-12-25(31-26(24)30)34-18-13-22(14-19-34)8-7-17-33(3)28(36)29(15-20-37-21-16-29)23-9-5-4-6-10-23/h4-6,9-12,22H,7-8,13-21H2,1-3H3. The van der Waals surface area contributed by atoms with Gasteiger partial charge in [-0.25, -0.2) is 4.98 Å². The Bertz CT molecular complexity index is 1060. The Kier molecular flexibility index (Phi) is 9.08. The highest BCUT2D eigenvalue weighted by Gasteiger charge is 2.43. The van der Waals surface area contributed by atoms with Crippen LogP contribution in [0.3, 0.4) is 0 Å². The van der Waals surface area contributed by atoms with E-state index in [1.165, 1.54) is 4.90 Å². The van der Waals surface area contributed by atoms with E-state index in [1.54, 1.807) is 20.2 Å². The van der Waals surface area contributed by atoms with Crippen LogP contribution in [0.15, 0.2) is 42.5 Å². The molecule has 1 aromatic heterocycles. The second-order valence-electron chi connectivity index (χ2n) is 10.6. The van der Waals surface area contributed by atoms with Crippen LogP contribution in [0.1, 0.15) is 54.4 Å². The normalized spacial score (nSPS) is 17.9. The number of likely N-dealkylation sites (N-methyl/N-ethyl adjacent to an activating group) is 1. The summed E-state index contributed by atoms with van der Waals surface area (Å²) in [5.41, 5.74) is 1.06. The first-order chi connectivity index (χ1) is 17.8. The summed E-state index contributed by atoms with van der Waals surface area (Å²) in [6, 6.07) is 13.9. The number of piperidine rings is 1. The van der Waals surface area contributed by atoms with E-state index in [-0.39, 0.29) is 17.0 Å². The summed E-state index contributed by atoms with van der Waals surface area (Å²) in [7, 11) is 5.36. The van der Waals surface area contributed by atoms with Gasteiger partial charge in [-0.05, 0) is 62.1 Å². The molecule has 0 bridgehead atoms. The molecular weight excluding hydrogens is 488 g/mol. The van der Waals surface area contributed by atoms with Gasteiger partial charge in [-0.3, -0.25) is 9.59 Å². The average Bonchev–Trinajstić information content (AvgIpc) is 2.93. The van der Waals surface area contributed by atoms with Gasteiger partial charge in [-0.2, -0.15) is 0 Å². The molecule has 0 aliphatic carbocycles. The number of halogens is 1. The van der Waals surface area contributed by atoms with E-state index >= 15 is 0 Å². The molecule has 2 aromatic rings. The molecule has 2 saturated heterocycles. The van der Waals surface area contributed by atoms with E-state index in [4.69, 9.17) is 16.3 Å². The minimum absolute atomic E-state index is 0.141. The van der Waals surface area contributed by atoms with Crippen molar-refractivity contribution in [1.29, 1.82) is 0 Å². The van der Waals surface area contributed by atoms with Gasteiger partial charge in [0.05, 0.1) is 11.0 Å². The Hall–Kier alpha value is -2.64. The minimum Gasteiger partial charge on any atom is -0.381 e. The van der Waals surface area contributed by atoms with E-state index in [0.717, 1.165) is 69.5 Å². The van der Waals surface area contributed by atoms with Crippen molar-refractivity contribution in [2.45, 2.75) is 43.9 Å². The maximum absolute atomic E-state index is 13.7. The van der Waals surface area contributed by atoms with Gasteiger partial charge >= 0.3 is 0 Å². The zero-order valence-corrected chi connectivity index (χ0v) is 23.0. The number of hydrogen-bond acceptors (Lipinski definition) is 5. The van der Waals surface area contributed by atoms with E-state index in [9.17, 15) is 9.59 Å². The molecule has 0 unspecified atom stereocenters. The van der Waals surface area contributed by atoms with E-state index < -0.39 is 5.41 Å². The summed E-state index contributed by atoms with van der Waals surface area (Å²) >= 11 is 6.32. The zero-order chi connectivity index (χ0) is 26.4. The summed E-state index contributed by atoms with van der Waals surface area (Å²) in [6.45, 7) is 3.86. The number of pyridine rings is 1. The van der Waals surface area contributed by atoms with Crippen molar-refractivity contribution in [2.24, 2.45) is 5.92 Å². The number of aromatic nitrogens is 1. The number of amides is 2. The van der Waals surface area contributed by atoms with Crippen LogP contribution < -0.4 is 4.90 Å². The molecular formula is C29H39ClN4O3. The Morgan fingerprint density at radius 1 is 1.05 bits per heavy atom. The van der Waals surface area contributed by atoms with Crippen molar-refractivity contribution in [3.8, 4) is 0 Å². The quantitative estimate of drug-likeness (QED) is 0.469. The lowest BCUT2D eigenvalue weighted by atomic mass is 9.73. The third-order valence-electron chi connectivity index (χ3n) is 7.94. The van der Waals surface area contributed by atoms with Gasteiger partial charge in [-0.15, -0.1) is 0 Å². The van der Waals surface area contributed by atoms with E-state index in [2.05, 4.69) is 22.0 Å². The second kappa shape index (κ2) is 12.3. The first-order valence-electron chi connectivity index (χ1n) is 13.3. The monoisotopic (exact) mass is 526 g/mol. The largest absolute Gasteiger partial charge is 0.381 e. The molecule has 0 radical (unpaired) electrons. The van der Waals surface area contributed by atoms with Gasteiger partial charge in [0, 0.05) is 54.0 Å². The van der Waals surface area contributed by atoms with Gasteiger partial charge in [0.1, 0.15) is 11.0 Å². The maximum atomic E-state index is 13.7. The molecule has 0 atom stereocenters. The van der Waals surface area contributed by atoms with Crippen LogP contribution in [-0.4, -0.2) is 80.6 Å². The van der Waals surface area contributed by atoms with Crippen LogP contribution >= 0.6 is 11.6 Å². The van der Waals surface area contributed by atoms with Crippen LogP contribution in [-0.2, 0) is 14.9 Å². The van der Waals surface area contributed by atoms with Crippen molar-refractivity contribution < 1.29 is 14.3 Å². The van der Waals surface area contributed by atoms with Crippen LogP contribution in [0.2, 0.25) is 5.15 Å². The van der Waals surface area contributed by atoms with Crippen molar-refractivity contribution in [1.82, 2.24) is 14.8 Å². The highest BCUT2D eigenvalue weighted by atomic mass is 35.5. The molecule has 7 nitrogen and oxygen atoms in total. The average molecular weight is 527 g/mol. The second-order valence-corrected chi connectivity index (χ2v) is 10.9. The molecule has 2 aliphatic heterocycles. The zero-order valence-electron chi connectivity index (χ0n) is 22.3. The lowest BCUT2D eigenvalue weighted by Crippen LogP contribution is -2.49. The van der Waals surface area contributed by atoms with Crippen molar-refractivity contribution >= 4 is 29.2 Å². The van der Waals surface area contributed by atoms with Crippen LogP contribution in [0.4, 0.5) is 5.82 Å². The molecule has 2 aliphatic rings. The molecule has 0 spiro atoms. The smallest absolute Gasteiger partial charge is 0.256 e. The minimum atomic E-state index is -0.472. The maximum Gasteiger partial charge on any atom is 0.256 e. The number of ether oxygens (including phenoxy) is 1. The molecule has 1 aromatic carbocycles. The highest BCUT2D eigenvalue weighted by molar-refractivity contribution is 6.32. The lowest BCUT2D eigenvalue weighted by Gasteiger charge is -2.39. The van der Waals surface area contributed by atoms with Crippen molar-refractivity contribution in [2.75, 3.05) is 58.9 Å². The predicted octanol–water partition coefficient (Wildman–Crippen LogP) is 4.64. The first-order valence-corrected chi connectivity index (χ1v) is 13.7. The highest BCUT2D eigenvalue weighted by Crippen LogP contribution is 2.37. The third-order valence-corrected chi connectivity index (χ3v) is 8.23. The number of nitrogens with zero attached hydrogens (tertiary/aromatic N) is 4. The number of carbonyl (C=O) groups excluding carboxylic acids is 2. The molecule has 0 N–H and O–H groups in total. The third kappa shape index (κ3) is 6.27. The molecule has 3 heterocycles. The fourth-order valence-corrected chi connectivity index (χ4v) is 5.87. The summed E-state index contributed by atoms with van der Waals surface area (Å²) < 4.78 is 5.61. The Labute approximate surface area is 225 Å². The van der Waals surface area contributed by atoms with Crippen LogP contribution in [0.5, 0.6) is 0 Å². The Morgan fingerprint density at radius 3 is 2.35 bits per heavy atom. The fraction of sp³-hybridized carbons (Fsp3) is 0.552. The van der Waals surface area contributed by atoms with Gasteiger partial charge in [0.15, 0.2) is 0 Å². The summed E-state index contributed by atoms with van der Waals surface area (Å²) in [4.78, 5) is 36.1. The number of anilines is 1. The number of hydrogen-bond donors (Lipinski definition) is 0. The fourth-order valence-electron chi connectivity index (χ4n) is 5.64. The molecule has 200 valence electrons. The summed E-state index contributed by atoms with van der Waals surface area (Å²) in [5, 5.41) is 0.254. The molecule has 2 fully saturated rings. The topological polar surface area (TPSA) is 66.0 Å². The number of carbonyl (C=O) groups is 2. The Morgan fingerprint density at radius 2 is 1.73 bits per heavy atom. The molecule has 4 rings (SSSR count). The van der Waals surface area contributed by atoms with Gasteiger partial charge in [0.25, 0.3) is 5.91 Å². The van der Waals surface area contributed by atoms with Gasteiger partial charge < -0.3 is 19.4 Å². The van der Waals surface area contributed by atoms with Gasteiger partial charge in [-0.1, -0.05) is 41.9 Å². The van der Waals surface area contributed by atoms with Crippen molar-refractivity contribution in [3.05, 3.63) is 58.7 Å². The molecule has 8 heteroatoms. The van der Waals surface area contributed by atoms with Gasteiger partial charge in [0.2, 0.25) is 5.91 Å². The predicted molar refractivity (Wildman–Crippen MR) is 147 cm³/mol. The number of rotatable bonds is 8. The molecule has 2 amide bonds. The SMILES string of the molecule is CN(C)C(=O)c1ccc(N2CCC(CCCN(C)C(=O)C3(c4ccccc4)CCOCC3)CC2)nc1Cl. The summed E-state index contributed by atoms with van der Waals surface area (Å²) in [5.74, 6) is 1.54. The lowest BCUT2D eigenvalue weighted by molar-refractivity contribution is -0.140. The van der Waals surface area contributed by atoms with Crippen LogP contribution in [0, 0.1) is 5.92 Å². The van der Waals surface area contributed by atoms with Crippen molar-refractivity contribution in [3.63, 3.8) is 0 Å². The van der Waals surface area contributed by atoms with Crippen LogP contribution in [0.25, 0.3) is 0 Å². The Balaban J connectivity index is 1.26. The first kappa shape index (κ1) is 27.4. The number of benzene rings is 1. The summed E-state index contributed by atoms with van der Waals surface area (Å²) in [6.07, 6.45) is 5.75.